The molecule has 1 saturated heterocycles. The Bertz CT molecular complexity index is 179. The Kier molecular flexibility index (Phi) is 5.26. The average Bonchev–Trinajstić information content (AvgIpc) is 2.63. The third-order valence-electron chi connectivity index (χ3n) is 2.30. The molecule has 0 spiro atoms. The van der Waals surface area contributed by atoms with Crippen molar-refractivity contribution in [1.29, 1.82) is 0 Å². The summed E-state index contributed by atoms with van der Waals surface area (Å²) in [6.45, 7) is 3.26. The van der Waals surface area contributed by atoms with Gasteiger partial charge in [0.1, 0.15) is 0 Å². The summed E-state index contributed by atoms with van der Waals surface area (Å²) < 4.78 is 5.42. The molecule has 1 N–H and O–H groups in total. The minimum Gasteiger partial charge on any atom is -0.378 e. The molecule has 0 saturated carbocycles. The van der Waals surface area contributed by atoms with E-state index in [4.69, 9.17) is 16.3 Å². The summed E-state index contributed by atoms with van der Waals surface area (Å²) in [6.07, 6.45) is 3.91. The van der Waals surface area contributed by atoms with Gasteiger partial charge in [-0.2, -0.15) is 0 Å². The number of rotatable bonds is 5. The van der Waals surface area contributed by atoms with E-state index in [1.54, 1.807) is 0 Å². The van der Waals surface area contributed by atoms with Crippen molar-refractivity contribution in [2.45, 2.75) is 44.1 Å². The lowest BCUT2D eigenvalue weighted by atomic mass is 10.1. The smallest absolute Gasteiger partial charge is 0.220 e. The van der Waals surface area contributed by atoms with Crippen molar-refractivity contribution in [2.24, 2.45) is 0 Å². The first-order chi connectivity index (χ1) is 6.68. The van der Waals surface area contributed by atoms with Crippen LogP contribution in [0.15, 0.2) is 0 Å². The Morgan fingerprint density at radius 1 is 1.71 bits per heavy atom. The van der Waals surface area contributed by atoms with Crippen LogP contribution in [0.25, 0.3) is 0 Å². The van der Waals surface area contributed by atoms with E-state index in [2.05, 4.69) is 5.32 Å². The molecule has 0 aromatic heterocycles. The van der Waals surface area contributed by atoms with Crippen LogP contribution in [0.2, 0.25) is 0 Å². The zero-order chi connectivity index (χ0) is 10.4. The SMILES string of the molecule is CC(Cl)CNC(=O)CCC1CCCO1. The van der Waals surface area contributed by atoms with Gasteiger partial charge in [-0.1, -0.05) is 0 Å². The second-order valence-corrected chi connectivity index (χ2v) is 4.50. The fraction of sp³-hybridized carbons (Fsp3) is 0.900. The Morgan fingerprint density at radius 2 is 2.50 bits per heavy atom. The number of ether oxygens (including phenoxy) is 1. The topological polar surface area (TPSA) is 38.3 Å². The lowest BCUT2D eigenvalue weighted by molar-refractivity contribution is -0.121. The summed E-state index contributed by atoms with van der Waals surface area (Å²) in [5.41, 5.74) is 0. The normalized spacial score (nSPS) is 23.4. The molecule has 0 radical (unpaired) electrons. The van der Waals surface area contributed by atoms with E-state index < -0.39 is 0 Å². The molecular formula is C10H18ClNO2. The molecule has 1 fully saturated rings. The molecule has 4 heteroatoms. The highest BCUT2D eigenvalue weighted by atomic mass is 35.5. The standard InChI is InChI=1S/C10H18ClNO2/c1-8(11)7-12-10(13)5-4-9-3-2-6-14-9/h8-9H,2-7H2,1H3,(H,12,13). The molecule has 0 bridgehead atoms. The number of alkyl halides is 1. The van der Waals surface area contributed by atoms with Gasteiger partial charge < -0.3 is 10.1 Å². The molecule has 82 valence electrons. The van der Waals surface area contributed by atoms with Crippen molar-refractivity contribution in [3.63, 3.8) is 0 Å². The third kappa shape index (κ3) is 4.82. The first-order valence-electron chi connectivity index (χ1n) is 5.21. The minimum absolute atomic E-state index is 0.00156. The van der Waals surface area contributed by atoms with Crippen LogP contribution < -0.4 is 5.32 Å². The molecule has 1 heterocycles. The largest absolute Gasteiger partial charge is 0.378 e. The zero-order valence-electron chi connectivity index (χ0n) is 8.59. The fourth-order valence-electron chi connectivity index (χ4n) is 1.51. The van der Waals surface area contributed by atoms with E-state index in [9.17, 15) is 4.79 Å². The van der Waals surface area contributed by atoms with Crippen LogP contribution >= 0.6 is 11.6 Å². The van der Waals surface area contributed by atoms with Gasteiger partial charge in [-0.3, -0.25) is 4.79 Å². The van der Waals surface area contributed by atoms with Gasteiger partial charge in [-0.25, -0.2) is 0 Å². The van der Waals surface area contributed by atoms with Crippen LogP contribution in [0.3, 0.4) is 0 Å². The lowest BCUT2D eigenvalue weighted by Gasteiger charge is -2.09. The molecule has 1 rings (SSSR count). The molecule has 1 aliphatic rings. The summed E-state index contributed by atoms with van der Waals surface area (Å²) >= 11 is 5.71. The van der Waals surface area contributed by atoms with Gasteiger partial charge in [0.15, 0.2) is 0 Å². The van der Waals surface area contributed by atoms with Crippen LogP contribution in [0, 0.1) is 0 Å². The third-order valence-corrected chi connectivity index (χ3v) is 2.45. The predicted molar refractivity (Wildman–Crippen MR) is 56.5 cm³/mol. The van der Waals surface area contributed by atoms with Gasteiger partial charge in [-0.15, -0.1) is 11.6 Å². The molecule has 3 nitrogen and oxygen atoms in total. The fourth-order valence-corrected chi connectivity index (χ4v) is 1.58. The van der Waals surface area contributed by atoms with Crippen molar-refractivity contribution in [1.82, 2.24) is 5.32 Å². The van der Waals surface area contributed by atoms with Crippen LogP contribution in [0.1, 0.15) is 32.6 Å². The van der Waals surface area contributed by atoms with Crippen molar-refractivity contribution in [3.05, 3.63) is 0 Å². The van der Waals surface area contributed by atoms with E-state index in [1.807, 2.05) is 6.92 Å². The number of hydrogen-bond donors (Lipinski definition) is 1. The van der Waals surface area contributed by atoms with E-state index in [1.165, 1.54) is 0 Å². The number of halogens is 1. The maximum absolute atomic E-state index is 11.3. The average molecular weight is 220 g/mol. The van der Waals surface area contributed by atoms with E-state index in [-0.39, 0.29) is 11.3 Å². The highest BCUT2D eigenvalue weighted by Gasteiger charge is 2.16. The molecule has 1 aliphatic heterocycles. The van der Waals surface area contributed by atoms with Gasteiger partial charge in [0.05, 0.1) is 6.10 Å². The Balaban J connectivity index is 2.02. The first-order valence-corrected chi connectivity index (χ1v) is 5.64. The summed E-state index contributed by atoms with van der Waals surface area (Å²) in [4.78, 5) is 11.3. The lowest BCUT2D eigenvalue weighted by Crippen LogP contribution is -2.29. The predicted octanol–water partition coefficient (Wildman–Crippen LogP) is 1.69. The molecular weight excluding hydrogens is 202 g/mol. The quantitative estimate of drug-likeness (QED) is 0.715. The number of hydrogen-bond acceptors (Lipinski definition) is 2. The Morgan fingerprint density at radius 3 is 3.07 bits per heavy atom. The summed E-state index contributed by atoms with van der Waals surface area (Å²) in [6, 6.07) is 0. The second kappa shape index (κ2) is 6.25. The highest BCUT2D eigenvalue weighted by molar-refractivity contribution is 6.20. The molecule has 0 aromatic carbocycles. The van der Waals surface area contributed by atoms with Crippen LogP contribution in [-0.4, -0.2) is 30.5 Å². The minimum atomic E-state index is 0.00156. The number of carbonyl (C=O) groups excluding carboxylic acids is 1. The van der Waals surface area contributed by atoms with Gasteiger partial charge in [-0.05, 0) is 26.2 Å². The highest BCUT2D eigenvalue weighted by Crippen LogP contribution is 2.16. The molecule has 14 heavy (non-hydrogen) atoms. The molecule has 0 aliphatic carbocycles. The van der Waals surface area contributed by atoms with Crippen molar-refractivity contribution >= 4 is 17.5 Å². The molecule has 1 amide bonds. The first kappa shape index (κ1) is 11.8. The zero-order valence-corrected chi connectivity index (χ0v) is 9.35. The van der Waals surface area contributed by atoms with Gasteiger partial charge in [0, 0.05) is 24.9 Å². The van der Waals surface area contributed by atoms with Crippen molar-refractivity contribution in [2.75, 3.05) is 13.2 Å². The summed E-state index contributed by atoms with van der Waals surface area (Å²) in [5.74, 6) is 0.0769. The van der Waals surface area contributed by atoms with Crippen molar-refractivity contribution < 1.29 is 9.53 Å². The molecule has 2 unspecified atom stereocenters. The van der Waals surface area contributed by atoms with Gasteiger partial charge in [0.2, 0.25) is 5.91 Å². The molecule has 0 aromatic rings. The maximum Gasteiger partial charge on any atom is 0.220 e. The van der Waals surface area contributed by atoms with Gasteiger partial charge in [0.25, 0.3) is 0 Å². The number of nitrogens with one attached hydrogen (secondary N) is 1. The second-order valence-electron chi connectivity index (χ2n) is 3.76. The summed E-state index contributed by atoms with van der Waals surface area (Å²) in [5, 5.41) is 2.78. The number of amides is 1. The van der Waals surface area contributed by atoms with Crippen molar-refractivity contribution in [3.8, 4) is 0 Å². The monoisotopic (exact) mass is 219 g/mol. The van der Waals surface area contributed by atoms with Crippen LogP contribution in [0.5, 0.6) is 0 Å². The summed E-state index contributed by atoms with van der Waals surface area (Å²) in [7, 11) is 0. The van der Waals surface area contributed by atoms with E-state index >= 15 is 0 Å². The Labute approximate surface area is 90.1 Å². The van der Waals surface area contributed by atoms with Crippen LogP contribution in [-0.2, 0) is 9.53 Å². The van der Waals surface area contributed by atoms with Gasteiger partial charge >= 0.3 is 0 Å². The van der Waals surface area contributed by atoms with E-state index in [0.29, 0.717) is 19.1 Å². The van der Waals surface area contributed by atoms with E-state index in [0.717, 1.165) is 25.9 Å². The maximum atomic E-state index is 11.3. The Hall–Kier alpha value is -0.280. The molecule has 2 atom stereocenters. The van der Waals surface area contributed by atoms with Crippen LogP contribution in [0.4, 0.5) is 0 Å². The number of carbonyl (C=O) groups is 1.